The Bertz CT molecular complexity index is 579. The molecule has 0 bridgehead atoms. The maximum absolute atomic E-state index is 11.8. The summed E-state index contributed by atoms with van der Waals surface area (Å²) in [5.74, 6) is 1.18. The largest absolute Gasteiger partial charge is 0.491 e. The van der Waals surface area contributed by atoms with Crippen LogP contribution in [-0.2, 0) is 9.53 Å². The van der Waals surface area contributed by atoms with Crippen LogP contribution in [0.25, 0.3) is 0 Å². The zero-order valence-electron chi connectivity index (χ0n) is 16.5. The molecule has 1 N–H and O–H groups in total. The predicted molar refractivity (Wildman–Crippen MR) is 103 cm³/mol. The van der Waals surface area contributed by atoms with Crippen molar-refractivity contribution in [3.8, 4) is 5.75 Å². The first-order chi connectivity index (χ1) is 12.4. The number of aryl methyl sites for hydroxylation is 1. The van der Waals surface area contributed by atoms with Gasteiger partial charge >= 0.3 is 5.97 Å². The Labute approximate surface area is 157 Å². The second kappa shape index (κ2) is 9.93. The molecule has 1 aliphatic rings. The highest BCUT2D eigenvalue weighted by Gasteiger charge is 2.26. The molecule has 0 unspecified atom stereocenters. The summed E-state index contributed by atoms with van der Waals surface area (Å²) in [5.41, 5.74) is 2.41. The van der Waals surface area contributed by atoms with Crippen LogP contribution >= 0.6 is 0 Å². The zero-order valence-corrected chi connectivity index (χ0v) is 16.5. The van der Waals surface area contributed by atoms with E-state index in [-0.39, 0.29) is 18.5 Å². The number of ether oxygens (including phenoxy) is 2. The lowest BCUT2D eigenvalue weighted by atomic mass is 9.97. The number of rotatable bonds is 8. The molecule has 1 aliphatic heterocycles. The van der Waals surface area contributed by atoms with E-state index in [1.807, 2.05) is 13.0 Å². The second-order valence-electron chi connectivity index (χ2n) is 7.53. The highest BCUT2D eigenvalue weighted by atomic mass is 16.5. The highest BCUT2D eigenvalue weighted by molar-refractivity contribution is 5.72. The third-order valence-corrected chi connectivity index (χ3v) is 4.86. The molecule has 1 aromatic rings. The van der Waals surface area contributed by atoms with E-state index in [1.165, 1.54) is 11.1 Å². The third-order valence-electron chi connectivity index (χ3n) is 4.86. The molecule has 0 aromatic heterocycles. The fraction of sp³-hybridized carbons (Fsp3) is 0.667. The molecule has 1 atom stereocenters. The quantitative estimate of drug-likeness (QED) is 0.719. The van der Waals surface area contributed by atoms with Gasteiger partial charge in [-0.2, -0.15) is 0 Å². The van der Waals surface area contributed by atoms with Crippen molar-refractivity contribution >= 4 is 5.97 Å². The fourth-order valence-corrected chi connectivity index (χ4v) is 3.35. The van der Waals surface area contributed by atoms with E-state index < -0.39 is 6.10 Å². The van der Waals surface area contributed by atoms with Crippen molar-refractivity contribution < 1.29 is 19.4 Å². The van der Waals surface area contributed by atoms with Gasteiger partial charge in [-0.15, -0.1) is 0 Å². The average Bonchev–Trinajstić information content (AvgIpc) is 2.60. The van der Waals surface area contributed by atoms with Crippen LogP contribution in [0.15, 0.2) is 18.2 Å². The molecular weight excluding hydrogens is 330 g/mol. The maximum atomic E-state index is 11.8. The lowest BCUT2D eigenvalue weighted by Crippen LogP contribution is -2.42. The Hall–Kier alpha value is -1.59. The van der Waals surface area contributed by atoms with Gasteiger partial charge in [-0.25, -0.2) is 0 Å². The zero-order chi connectivity index (χ0) is 19.1. The number of hydrogen-bond acceptors (Lipinski definition) is 5. The molecule has 0 saturated carbocycles. The van der Waals surface area contributed by atoms with E-state index in [4.69, 9.17) is 9.47 Å². The summed E-state index contributed by atoms with van der Waals surface area (Å²) in [6.45, 7) is 11.1. The molecule has 5 heteroatoms. The molecule has 0 spiro atoms. The molecule has 5 nitrogen and oxygen atoms in total. The van der Waals surface area contributed by atoms with Gasteiger partial charge in [0.15, 0.2) is 0 Å². The van der Waals surface area contributed by atoms with E-state index in [9.17, 15) is 9.90 Å². The Balaban J connectivity index is 1.76. The van der Waals surface area contributed by atoms with Crippen LogP contribution in [0.5, 0.6) is 5.75 Å². The Morgan fingerprint density at radius 3 is 2.58 bits per heavy atom. The third kappa shape index (κ3) is 6.29. The number of aliphatic hydroxyl groups excluding tert-OH is 1. The summed E-state index contributed by atoms with van der Waals surface area (Å²) in [5, 5.41) is 10.3. The highest BCUT2D eigenvalue weighted by Crippen LogP contribution is 2.23. The molecule has 1 aromatic carbocycles. The normalized spacial score (nSPS) is 17.3. The van der Waals surface area contributed by atoms with Crippen molar-refractivity contribution in [3.05, 3.63) is 29.3 Å². The van der Waals surface area contributed by atoms with Crippen LogP contribution in [0.2, 0.25) is 0 Å². The topological polar surface area (TPSA) is 59.0 Å². The van der Waals surface area contributed by atoms with E-state index in [0.29, 0.717) is 19.1 Å². The number of carbonyl (C=O) groups is 1. The molecule has 26 heavy (non-hydrogen) atoms. The van der Waals surface area contributed by atoms with Crippen LogP contribution in [0.4, 0.5) is 0 Å². The van der Waals surface area contributed by atoms with E-state index in [1.54, 1.807) is 0 Å². The van der Waals surface area contributed by atoms with Crippen LogP contribution < -0.4 is 4.74 Å². The summed E-state index contributed by atoms with van der Waals surface area (Å²) in [6.07, 6.45) is 1.04. The maximum Gasteiger partial charge on any atom is 0.309 e. The van der Waals surface area contributed by atoms with Crippen LogP contribution in [0.1, 0.15) is 50.7 Å². The Morgan fingerprint density at radius 1 is 1.27 bits per heavy atom. The van der Waals surface area contributed by atoms with Crippen LogP contribution in [0, 0.1) is 12.8 Å². The van der Waals surface area contributed by atoms with Crippen molar-refractivity contribution in [2.24, 2.45) is 5.92 Å². The van der Waals surface area contributed by atoms with Crippen molar-refractivity contribution in [2.45, 2.75) is 52.6 Å². The first kappa shape index (κ1) is 20.7. The molecule has 0 aliphatic carbocycles. The van der Waals surface area contributed by atoms with E-state index in [2.05, 4.69) is 37.8 Å². The Morgan fingerprint density at radius 2 is 1.96 bits per heavy atom. The van der Waals surface area contributed by atoms with Crippen LogP contribution in [-0.4, -0.2) is 54.9 Å². The monoisotopic (exact) mass is 363 g/mol. The molecular formula is C21H33NO4. The minimum Gasteiger partial charge on any atom is -0.491 e. The van der Waals surface area contributed by atoms with Gasteiger partial charge in [0.2, 0.25) is 0 Å². The molecule has 0 amide bonds. The molecule has 146 valence electrons. The van der Waals surface area contributed by atoms with Crippen molar-refractivity contribution in [3.63, 3.8) is 0 Å². The van der Waals surface area contributed by atoms with Gasteiger partial charge in [-0.05, 0) is 69.0 Å². The summed E-state index contributed by atoms with van der Waals surface area (Å²) < 4.78 is 10.9. The minimum absolute atomic E-state index is 0.00124. The van der Waals surface area contributed by atoms with Gasteiger partial charge in [-0.3, -0.25) is 4.79 Å². The predicted octanol–water partition coefficient (Wildman–Crippen LogP) is 3.13. The van der Waals surface area contributed by atoms with Gasteiger partial charge in [-0.1, -0.05) is 19.9 Å². The standard InChI is InChI=1S/C21H33NO4/c1-5-25-21(24)17-6-8-22(9-7-17)13-19(23)14-26-20-11-16(4)10-18(12-20)15(2)3/h10-12,15,17,19,23H,5-9,13-14H2,1-4H3/t19-/m0/s1. The van der Waals surface area contributed by atoms with Gasteiger partial charge in [0.05, 0.1) is 12.5 Å². The number of carbonyl (C=O) groups excluding carboxylic acids is 1. The average molecular weight is 363 g/mol. The van der Waals surface area contributed by atoms with Gasteiger partial charge < -0.3 is 19.5 Å². The molecule has 2 rings (SSSR count). The number of esters is 1. The first-order valence-electron chi connectivity index (χ1n) is 9.70. The van der Waals surface area contributed by atoms with E-state index in [0.717, 1.165) is 31.7 Å². The van der Waals surface area contributed by atoms with Crippen LogP contribution in [0.3, 0.4) is 0 Å². The summed E-state index contributed by atoms with van der Waals surface area (Å²) >= 11 is 0. The lowest BCUT2D eigenvalue weighted by Gasteiger charge is -2.32. The smallest absolute Gasteiger partial charge is 0.309 e. The number of benzene rings is 1. The number of likely N-dealkylation sites (tertiary alicyclic amines) is 1. The molecule has 1 saturated heterocycles. The fourth-order valence-electron chi connectivity index (χ4n) is 3.35. The molecule has 1 fully saturated rings. The van der Waals surface area contributed by atoms with Gasteiger partial charge in [0.1, 0.15) is 18.5 Å². The number of hydrogen-bond donors (Lipinski definition) is 1. The number of β-amino-alcohol motifs (C(OH)–C–C–N with tert-alkyl or cyclic N) is 1. The number of piperidine rings is 1. The number of aliphatic hydroxyl groups is 1. The first-order valence-corrected chi connectivity index (χ1v) is 9.70. The summed E-state index contributed by atoms with van der Waals surface area (Å²) in [4.78, 5) is 14.0. The van der Waals surface area contributed by atoms with E-state index >= 15 is 0 Å². The SMILES string of the molecule is CCOC(=O)C1CCN(C[C@H](O)COc2cc(C)cc(C(C)C)c2)CC1. The van der Waals surface area contributed by atoms with Crippen molar-refractivity contribution in [1.29, 1.82) is 0 Å². The van der Waals surface area contributed by atoms with Crippen molar-refractivity contribution in [1.82, 2.24) is 4.90 Å². The number of nitrogens with zero attached hydrogens (tertiary/aromatic N) is 1. The van der Waals surface area contributed by atoms with Gasteiger partial charge in [0.25, 0.3) is 0 Å². The van der Waals surface area contributed by atoms with Gasteiger partial charge in [0, 0.05) is 6.54 Å². The molecule has 0 radical (unpaired) electrons. The second-order valence-corrected chi connectivity index (χ2v) is 7.53. The Kier molecular flexibility index (Phi) is 7.91. The molecule has 1 heterocycles. The van der Waals surface area contributed by atoms with Crippen molar-refractivity contribution in [2.75, 3.05) is 32.8 Å². The summed E-state index contributed by atoms with van der Waals surface area (Å²) in [6, 6.07) is 6.22. The minimum atomic E-state index is -0.544. The summed E-state index contributed by atoms with van der Waals surface area (Å²) in [7, 11) is 0. The lowest BCUT2D eigenvalue weighted by molar-refractivity contribution is -0.149.